The fourth-order valence-electron chi connectivity index (χ4n) is 2.29. The van der Waals surface area contributed by atoms with Crippen LogP contribution in [-0.4, -0.2) is 21.5 Å². The average Bonchev–Trinajstić information content (AvgIpc) is 2.59. The Hall–Kier alpha value is -2.38. The van der Waals surface area contributed by atoms with Gasteiger partial charge in [0.25, 0.3) is 0 Å². The zero-order chi connectivity index (χ0) is 18.3. The standard InChI is InChI=1S/C18H23N3O3S/c1-14-4-3-5-17(10-14)12-21-18(22)20-11-15-6-8-16(9-7-15)13-25(23,24)19-2/h3-10,19H,11-13H2,1-2H3,(H2,20,21,22). The first-order valence-electron chi connectivity index (χ1n) is 7.94. The third-order valence-electron chi connectivity index (χ3n) is 3.68. The summed E-state index contributed by atoms with van der Waals surface area (Å²) in [7, 11) is -1.89. The fraction of sp³-hybridized carbons (Fsp3) is 0.278. The monoisotopic (exact) mass is 361 g/mol. The maximum atomic E-state index is 11.9. The average molecular weight is 361 g/mol. The van der Waals surface area contributed by atoms with Crippen LogP contribution in [0.1, 0.15) is 22.3 Å². The molecule has 2 aromatic rings. The Morgan fingerprint density at radius 3 is 2.12 bits per heavy atom. The molecule has 2 rings (SSSR count). The van der Waals surface area contributed by atoms with E-state index in [2.05, 4.69) is 15.4 Å². The summed E-state index contributed by atoms with van der Waals surface area (Å²) < 4.78 is 25.3. The van der Waals surface area contributed by atoms with Crippen LogP contribution in [0.2, 0.25) is 0 Å². The number of sulfonamides is 1. The Labute approximate surface area is 148 Å². The molecule has 0 aliphatic heterocycles. The Bertz CT molecular complexity index is 818. The molecule has 0 fully saturated rings. The molecule has 6 nitrogen and oxygen atoms in total. The van der Waals surface area contributed by atoms with Gasteiger partial charge in [0.15, 0.2) is 0 Å². The molecular formula is C18H23N3O3S. The van der Waals surface area contributed by atoms with E-state index in [1.165, 1.54) is 7.05 Å². The second-order valence-electron chi connectivity index (χ2n) is 5.80. The summed E-state index contributed by atoms with van der Waals surface area (Å²) >= 11 is 0. The van der Waals surface area contributed by atoms with Crippen molar-refractivity contribution >= 4 is 16.1 Å². The smallest absolute Gasteiger partial charge is 0.315 e. The highest BCUT2D eigenvalue weighted by atomic mass is 32.2. The van der Waals surface area contributed by atoms with Gasteiger partial charge in [0, 0.05) is 13.1 Å². The van der Waals surface area contributed by atoms with Gasteiger partial charge >= 0.3 is 6.03 Å². The second-order valence-corrected chi connectivity index (χ2v) is 7.73. The Kier molecular flexibility index (Phi) is 6.55. The van der Waals surface area contributed by atoms with E-state index in [4.69, 9.17) is 0 Å². The van der Waals surface area contributed by atoms with Crippen molar-refractivity contribution in [2.24, 2.45) is 0 Å². The number of urea groups is 1. The Morgan fingerprint density at radius 1 is 0.920 bits per heavy atom. The quantitative estimate of drug-likeness (QED) is 0.705. The molecule has 0 radical (unpaired) electrons. The van der Waals surface area contributed by atoms with Crippen LogP contribution in [0, 0.1) is 6.92 Å². The third kappa shape index (κ3) is 6.56. The predicted molar refractivity (Wildman–Crippen MR) is 98.4 cm³/mol. The molecule has 0 heterocycles. The highest BCUT2D eigenvalue weighted by Crippen LogP contribution is 2.08. The van der Waals surface area contributed by atoms with Gasteiger partial charge in [-0.3, -0.25) is 0 Å². The fourth-order valence-corrected chi connectivity index (χ4v) is 3.07. The van der Waals surface area contributed by atoms with Gasteiger partial charge < -0.3 is 10.6 Å². The van der Waals surface area contributed by atoms with Gasteiger partial charge in [-0.15, -0.1) is 0 Å². The summed E-state index contributed by atoms with van der Waals surface area (Å²) in [4.78, 5) is 11.9. The van der Waals surface area contributed by atoms with E-state index in [1.807, 2.05) is 31.2 Å². The van der Waals surface area contributed by atoms with Gasteiger partial charge in [-0.2, -0.15) is 0 Å². The molecular weight excluding hydrogens is 338 g/mol. The van der Waals surface area contributed by atoms with Crippen LogP contribution in [0.4, 0.5) is 4.79 Å². The van der Waals surface area contributed by atoms with Crippen molar-refractivity contribution in [3.63, 3.8) is 0 Å². The van der Waals surface area contributed by atoms with Crippen molar-refractivity contribution in [3.05, 3.63) is 70.8 Å². The largest absolute Gasteiger partial charge is 0.334 e. The predicted octanol–water partition coefficient (Wildman–Crippen LogP) is 2.04. The normalized spacial score (nSPS) is 11.1. The van der Waals surface area contributed by atoms with Crippen LogP contribution in [0.3, 0.4) is 0 Å². The molecule has 2 amide bonds. The van der Waals surface area contributed by atoms with Crippen molar-refractivity contribution in [1.29, 1.82) is 0 Å². The molecule has 0 bridgehead atoms. The molecule has 0 unspecified atom stereocenters. The molecule has 134 valence electrons. The van der Waals surface area contributed by atoms with Gasteiger partial charge in [-0.25, -0.2) is 17.9 Å². The summed E-state index contributed by atoms with van der Waals surface area (Å²) in [6.45, 7) is 2.85. The molecule has 3 N–H and O–H groups in total. The van der Waals surface area contributed by atoms with Gasteiger partial charge in [-0.05, 0) is 30.7 Å². The molecule has 0 atom stereocenters. The lowest BCUT2D eigenvalue weighted by molar-refractivity contribution is 0.240. The maximum absolute atomic E-state index is 11.9. The molecule has 0 spiro atoms. The summed E-state index contributed by atoms with van der Waals surface area (Å²) in [5.41, 5.74) is 3.80. The Balaban J connectivity index is 1.79. The minimum atomic E-state index is -3.28. The first kappa shape index (κ1) is 19.0. The highest BCUT2D eigenvalue weighted by Gasteiger charge is 2.08. The number of carbonyl (C=O) groups excluding carboxylic acids is 1. The summed E-state index contributed by atoms with van der Waals surface area (Å²) in [6.07, 6.45) is 0. The first-order chi connectivity index (χ1) is 11.9. The van der Waals surface area contributed by atoms with E-state index in [-0.39, 0.29) is 11.8 Å². The summed E-state index contributed by atoms with van der Waals surface area (Å²) in [5, 5.41) is 5.59. The van der Waals surface area contributed by atoms with Gasteiger partial charge in [0.05, 0.1) is 5.75 Å². The zero-order valence-electron chi connectivity index (χ0n) is 14.4. The van der Waals surface area contributed by atoms with Crippen LogP contribution in [-0.2, 0) is 28.9 Å². The van der Waals surface area contributed by atoms with Gasteiger partial charge in [0.2, 0.25) is 10.0 Å². The van der Waals surface area contributed by atoms with Crippen LogP contribution < -0.4 is 15.4 Å². The molecule has 25 heavy (non-hydrogen) atoms. The molecule has 0 aromatic heterocycles. The van der Waals surface area contributed by atoms with Crippen LogP contribution >= 0.6 is 0 Å². The number of nitrogens with one attached hydrogen (secondary N) is 3. The van der Waals surface area contributed by atoms with Crippen molar-refractivity contribution < 1.29 is 13.2 Å². The molecule has 0 aliphatic rings. The van der Waals surface area contributed by atoms with Crippen molar-refractivity contribution in [2.75, 3.05) is 7.05 Å². The van der Waals surface area contributed by atoms with E-state index >= 15 is 0 Å². The number of aryl methyl sites for hydroxylation is 1. The molecule has 0 aliphatic carbocycles. The van der Waals surface area contributed by atoms with Crippen LogP contribution in [0.25, 0.3) is 0 Å². The molecule has 0 saturated carbocycles. The van der Waals surface area contributed by atoms with E-state index < -0.39 is 10.0 Å². The van der Waals surface area contributed by atoms with E-state index in [1.54, 1.807) is 24.3 Å². The molecule has 0 saturated heterocycles. The van der Waals surface area contributed by atoms with Crippen molar-refractivity contribution in [3.8, 4) is 0 Å². The number of hydrogen-bond acceptors (Lipinski definition) is 3. The lowest BCUT2D eigenvalue weighted by Gasteiger charge is -2.09. The topological polar surface area (TPSA) is 87.3 Å². The number of rotatable bonds is 7. The van der Waals surface area contributed by atoms with Crippen LogP contribution in [0.15, 0.2) is 48.5 Å². The van der Waals surface area contributed by atoms with Crippen LogP contribution in [0.5, 0.6) is 0 Å². The molecule has 7 heteroatoms. The number of amides is 2. The lowest BCUT2D eigenvalue weighted by Crippen LogP contribution is -2.34. The number of carbonyl (C=O) groups is 1. The first-order valence-corrected chi connectivity index (χ1v) is 9.59. The second kappa shape index (κ2) is 8.64. The van der Waals surface area contributed by atoms with Gasteiger partial charge in [0.1, 0.15) is 0 Å². The van der Waals surface area contributed by atoms with E-state index in [9.17, 15) is 13.2 Å². The number of hydrogen-bond donors (Lipinski definition) is 3. The van der Waals surface area contributed by atoms with Gasteiger partial charge in [-0.1, -0.05) is 54.1 Å². The lowest BCUT2D eigenvalue weighted by atomic mass is 10.1. The maximum Gasteiger partial charge on any atom is 0.315 e. The minimum Gasteiger partial charge on any atom is -0.334 e. The Morgan fingerprint density at radius 2 is 1.52 bits per heavy atom. The van der Waals surface area contributed by atoms with E-state index in [0.29, 0.717) is 18.7 Å². The van der Waals surface area contributed by atoms with E-state index in [0.717, 1.165) is 16.7 Å². The van der Waals surface area contributed by atoms with Crippen molar-refractivity contribution in [2.45, 2.75) is 25.8 Å². The summed E-state index contributed by atoms with van der Waals surface area (Å²) in [5.74, 6) is -0.0613. The SMILES string of the molecule is CNS(=O)(=O)Cc1ccc(CNC(=O)NCc2cccc(C)c2)cc1. The molecule has 2 aromatic carbocycles. The van der Waals surface area contributed by atoms with Crippen molar-refractivity contribution in [1.82, 2.24) is 15.4 Å². The number of benzene rings is 2. The minimum absolute atomic E-state index is 0.0613. The third-order valence-corrected chi connectivity index (χ3v) is 5.01. The summed E-state index contributed by atoms with van der Waals surface area (Å²) in [6, 6.07) is 14.8. The zero-order valence-corrected chi connectivity index (χ0v) is 15.2. The highest BCUT2D eigenvalue weighted by molar-refractivity contribution is 7.88.